The van der Waals surface area contributed by atoms with Gasteiger partial charge in [-0.3, -0.25) is 0 Å². The molecule has 94 valence electrons. The summed E-state index contributed by atoms with van der Waals surface area (Å²) >= 11 is 0. The van der Waals surface area contributed by atoms with Crippen LogP contribution < -0.4 is 5.32 Å². The van der Waals surface area contributed by atoms with Crippen molar-refractivity contribution in [1.29, 1.82) is 0 Å². The Bertz CT molecular complexity index is 395. The lowest BCUT2D eigenvalue weighted by molar-refractivity contribution is -0.139. The Morgan fingerprint density at radius 2 is 2.06 bits per heavy atom. The number of hydrogen-bond donors (Lipinski definition) is 1. The van der Waals surface area contributed by atoms with Crippen LogP contribution in [0.1, 0.15) is 20.8 Å². The summed E-state index contributed by atoms with van der Waals surface area (Å²) in [6.45, 7) is 5.60. The Kier molecular flexibility index (Phi) is 4.31. The van der Waals surface area contributed by atoms with Gasteiger partial charge in [0, 0.05) is 17.8 Å². The third-order valence-electron chi connectivity index (χ3n) is 2.66. The van der Waals surface area contributed by atoms with Crippen LogP contribution in [0.5, 0.6) is 0 Å². The number of hydrogen-bond acceptors (Lipinski definition) is 5. The Labute approximate surface area is 100 Å². The predicted octanol–water partition coefficient (Wildman–Crippen LogP) is 1.12. The average Bonchev–Trinajstić information content (AvgIpc) is 2.28. The molecule has 0 aromatic carbocycles. The van der Waals surface area contributed by atoms with Crippen LogP contribution >= 0.6 is 0 Å². The summed E-state index contributed by atoms with van der Waals surface area (Å²) < 4.78 is 9.63. The lowest BCUT2D eigenvalue weighted by atomic mass is 9.89. The second-order valence-corrected chi connectivity index (χ2v) is 3.72. The Morgan fingerprint density at radius 1 is 1.41 bits per heavy atom. The molecule has 0 aromatic rings. The van der Waals surface area contributed by atoms with E-state index in [4.69, 9.17) is 4.74 Å². The van der Waals surface area contributed by atoms with Crippen LogP contribution in [-0.2, 0) is 19.1 Å². The predicted molar refractivity (Wildman–Crippen MR) is 61.7 cm³/mol. The highest BCUT2D eigenvalue weighted by Gasteiger charge is 2.30. The van der Waals surface area contributed by atoms with Crippen molar-refractivity contribution >= 4 is 11.9 Å². The summed E-state index contributed by atoms with van der Waals surface area (Å²) in [5, 5.41) is 2.88. The van der Waals surface area contributed by atoms with Crippen LogP contribution in [0.25, 0.3) is 0 Å². The number of allylic oxidation sites excluding steroid dienone is 1. The first kappa shape index (κ1) is 13.3. The zero-order valence-corrected chi connectivity index (χ0v) is 10.5. The van der Waals surface area contributed by atoms with Crippen molar-refractivity contribution in [1.82, 2.24) is 5.32 Å². The normalized spacial score (nSPS) is 19.3. The van der Waals surface area contributed by atoms with Gasteiger partial charge < -0.3 is 14.8 Å². The number of rotatable bonds is 3. The average molecular weight is 239 g/mol. The van der Waals surface area contributed by atoms with Gasteiger partial charge >= 0.3 is 11.9 Å². The van der Waals surface area contributed by atoms with Crippen molar-refractivity contribution in [3.63, 3.8) is 0 Å². The van der Waals surface area contributed by atoms with Gasteiger partial charge in [-0.25, -0.2) is 9.59 Å². The molecule has 17 heavy (non-hydrogen) atoms. The lowest BCUT2D eigenvalue weighted by Crippen LogP contribution is -2.29. The number of methoxy groups -OCH3 is 1. The molecule has 0 fully saturated rings. The Morgan fingerprint density at radius 3 is 2.59 bits per heavy atom. The highest BCUT2D eigenvalue weighted by atomic mass is 16.5. The van der Waals surface area contributed by atoms with Crippen molar-refractivity contribution < 1.29 is 19.1 Å². The smallest absolute Gasteiger partial charge is 0.336 e. The van der Waals surface area contributed by atoms with Gasteiger partial charge in [0.05, 0.1) is 24.9 Å². The van der Waals surface area contributed by atoms with Gasteiger partial charge in [-0.2, -0.15) is 0 Å². The topological polar surface area (TPSA) is 64.6 Å². The molecule has 0 bridgehead atoms. The molecular formula is C12H17NO4. The SMILES string of the molecule is CCOC(=O)C1=C(C)NC=C(C(=O)OC)C1C. The number of carbonyl (C=O) groups is 2. The molecule has 1 rings (SSSR count). The van der Waals surface area contributed by atoms with Crippen LogP contribution in [0.4, 0.5) is 0 Å². The van der Waals surface area contributed by atoms with E-state index in [0.717, 1.165) is 0 Å². The first-order valence-corrected chi connectivity index (χ1v) is 5.45. The molecule has 0 amide bonds. The first-order chi connectivity index (χ1) is 8.02. The zero-order chi connectivity index (χ0) is 13.0. The maximum atomic E-state index is 11.8. The number of ether oxygens (including phenoxy) is 2. The minimum absolute atomic E-state index is 0.305. The Hall–Kier alpha value is -1.78. The van der Waals surface area contributed by atoms with E-state index in [1.54, 1.807) is 27.0 Å². The fourth-order valence-electron chi connectivity index (χ4n) is 1.76. The minimum Gasteiger partial charge on any atom is -0.466 e. The monoisotopic (exact) mass is 239 g/mol. The second kappa shape index (κ2) is 5.52. The molecule has 5 heteroatoms. The van der Waals surface area contributed by atoms with Gasteiger partial charge in [-0.1, -0.05) is 6.92 Å². The van der Waals surface area contributed by atoms with Gasteiger partial charge in [-0.05, 0) is 13.8 Å². The maximum Gasteiger partial charge on any atom is 0.336 e. The van der Waals surface area contributed by atoms with Crippen LogP contribution in [0.3, 0.4) is 0 Å². The molecule has 0 aliphatic carbocycles. The van der Waals surface area contributed by atoms with Gasteiger partial charge in [-0.15, -0.1) is 0 Å². The van der Waals surface area contributed by atoms with Crippen molar-refractivity contribution in [2.24, 2.45) is 5.92 Å². The standard InChI is InChI=1S/C12H17NO4/c1-5-17-12(15)10-7(2)9(11(14)16-4)6-13-8(10)3/h6-7,13H,5H2,1-4H3. The van der Waals surface area contributed by atoms with Crippen LogP contribution in [-0.4, -0.2) is 25.7 Å². The molecule has 0 saturated heterocycles. The van der Waals surface area contributed by atoms with Gasteiger partial charge in [0.1, 0.15) is 0 Å². The number of dihydropyridines is 1. The highest BCUT2D eigenvalue weighted by Crippen LogP contribution is 2.27. The van der Waals surface area contributed by atoms with Gasteiger partial charge in [0.2, 0.25) is 0 Å². The quantitative estimate of drug-likeness (QED) is 0.748. The molecule has 5 nitrogen and oxygen atoms in total. The molecule has 1 unspecified atom stereocenters. The molecular weight excluding hydrogens is 222 g/mol. The van der Waals surface area contributed by atoms with E-state index < -0.39 is 11.9 Å². The summed E-state index contributed by atoms with van der Waals surface area (Å²) in [5.74, 6) is -1.18. The van der Waals surface area contributed by atoms with Crippen LogP contribution in [0, 0.1) is 5.92 Å². The van der Waals surface area contributed by atoms with E-state index in [0.29, 0.717) is 23.5 Å². The fourth-order valence-corrected chi connectivity index (χ4v) is 1.76. The van der Waals surface area contributed by atoms with Crippen LogP contribution in [0.15, 0.2) is 23.0 Å². The van der Waals surface area contributed by atoms with Crippen molar-refractivity contribution in [2.75, 3.05) is 13.7 Å². The van der Waals surface area contributed by atoms with E-state index >= 15 is 0 Å². The molecule has 0 saturated carbocycles. The summed E-state index contributed by atoms with van der Waals surface area (Å²) in [6, 6.07) is 0. The molecule has 0 aromatic heterocycles. The second-order valence-electron chi connectivity index (χ2n) is 3.72. The summed E-state index contributed by atoms with van der Waals surface area (Å²) in [7, 11) is 1.31. The molecule has 1 aliphatic rings. The zero-order valence-electron chi connectivity index (χ0n) is 10.5. The van der Waals surface area contributed by atoms with E-state index in [9.17, 15) is 9.59 Å². The molecule has 0 radical (unpaired) electrons. The fraction of sp³-hybridized carbons (Fsp3) is 0.500. The van der Waals surface area contributed by atoms with Crippen molar-refractivity contribution in [3.05, 3.63) is 23.0 Å². The molecule has 1 heterocycles. The van der Waals surface area contributed by atoms with E-state index in [-0.39, 0.29) is 5.92 Å². The van der Waals surface area contributed by atoms with Gasteiger partial charge in [0.15, 0.2) is 0 Å². The summed E-state index contributed by atoms with van der Waals surface area (Å²) in [6.07, 6.45) is 1.56. The van der Waals surface area contributed by atoms with Crippen molar-refractivity contribution in [2.45, 2.75) is 20.8 Å². The van der Waals surface area contributed by atoms with E-state index in [1.807, 2.05) is 0 Å². The maximum absolute atomic E-state index is 11.8. The van der Waals surface area contributed by atoms with Crippen LogP contribution in [0.2, 0.25) is 0 Å². The third-order valence-corrected chi connectivity index (χ3v) is 2.66. The minimum atomic E-state index is -0.445. The summed E-state index contributed by atoms with van der Waals surface area (Å²) in [4.78, 5) is 23.3. The van der Waals surface area contributed by atoms with Crippen molar-refractivity contribution in [3.8, 4) is 0 Å². The van der Waals surface area contributed by atoms with E-state index in [2.05, 4.69) is 10.1 Å². The third kappa shape index (κ3) is 2.67. The Balaban J connectivity index is 2.98. The lowest BCUT2D eigenvalue weighted by Gasteiger charge is -2.23. The van der Waals surface area contributed by atoms with Gasteiger partial charge in [0.25, 0.3) is 0 Å². The highest BCUT2D eigenvalue weighted by molar-refractivity contribution is 5.96. The summed E-state index contributed by atoms with van der Waals surface area (Å²) in [5.41, 5.74) is 1.58. The first-order valence-electron chi connectivity index (χ1n) is 5.45. The van der Waals surface area contributed by atoms with E-state index in [1.165, 1.54) is 7.11 Å². The number of nitrogens with one attached hydrogen (secondary N) is 1. The molecule has 0 spiro atoms. The molecule has 1 aliphatic heterocycles. The largest absolute Gasteiger partial charge is 0.466 e. The molecule has 1 atom stereocenters. The number of carbonyl (C=O) groups excluding carboxylic acids is 2. The number of esters is 2. The molecule has 1 N–H and O–H groups in total.